The monoisotopic (exact) mass is 200 g/mol. The van der Waals surface area contributed by atoms with E-state index in [1.54, 1.807) is 0 Å². The summed E-state index contributed by atoms with van der Waals surface area (Å²) in [5, 5.41) is 8.70. The molecule has 0 radical (unpaired) electrons. The van der Waals surface area contributed by atoms with Crippen LogP contribution in [0.4, 0.5) is 8.78 Å². The molecule has 0 heterocycles. The van der Waals surface area contributed by atoms with Crippen LogP contribution in [0.5, 0.6) is 0 Å². The van der Waals surface area contributed by atoms with E-state index in [9.17, 15) is 13.6 Å². The maximum atomic E-state index is 12.4. The van der Waals surface area contributed by atoms with Gasteiger partial charge in [0.15, 0.2) is 0 Å². The zero-order valence-electron chi connectivity index (χ0n) is 7.63. The van der Waals surface area contributed by atoms with Crippen molar-refractivity contribution in [2.24, 2.45) is 0 Å². The van der Waals surface area contributed by atoms with Crippen LogP contribution in [0.3, 0.4) is 0 Å². The van der Waals surface area contributed by atoms with Crippen molar-refractivity contribution in [1.82, 2.24) is 0 Å². The number of rotatable bonds is 3. The highest BCUT2D eigenvalue weighted by Crippen LogP contribution is 2.24. The van der Waals surface area contributed by atoms with E-state index in [0.717, 1.165) is 5.56 Å². The van der Waals surface area contributed by atoms with Crippen molar-refractivity contribution in [3.05, 3.63) is 34.9 Å². The number of carbonyl (C=O) groups is 1. The van der Waals surface area contributed by atoms with Crippen LogP contribution in [0, 0.1) is 0 Å². The van der Waals surface area contributed by atoms with Crippen LogP contribution in [-0.4, -0.2) is 11.1 Å². The Kier molecular flexibility index (Phi) is 3.17. The average molecular weight is 200 g/mol. The topological polar surface area (TPSA) is 37.3 Å². The molecule has 0 amide bonds. The van der Waals surface area contributed by atoms with Gasteiger partial charge in [0.05, 0.1) is 5.56 Å². The standard InChI is InChI=1S/C10H10F2O2/c1-2-6-3-4-7(9(11)12)8(5-6)10(13)14/h3-5,9H,2H2,1H3,(H,13,14). The summed E-state index contributed by atoms with van der Waals surface area (Å²) in [7, 11) is 0. The van der Waals surface area contributed by atoms with Crippen LogP contribution in [-0.2, 0) is 6.42 Å². The zero-order chi connectivity index (χ0) is 10.7. The molecule has 1 aromatic carbocycles. The van der Waals surface area contributed by atoms with E-state index >= 15 is 0 Å². The summed E-state index contributed by atoms with van der Waals surface area (Å²) in [6, 6.07) is 3.99. The number of carboxylic acids is 1. The first-order valence-corrected chi connectivity index (χ1v) is 4.20. The van der Waals surface area contributed by atoms with Crippen LogP contribution in [0.15, 0.2) is 18.2 Å². The quantitative estimate of drug-likeness (QED) is 0.814. The number of carboxylic acid groups (broad SMARTS) is 1. The lowest BCUT2D eigenvalue weighted by Crippen LogP contribution is -2.03. The second-order valence-corrected chi connectivity index (χ2v) is 2.88. The van der Waals surface area contributed by atoms with Gasteiger partial charge in [-0.1, -0.05) is 19.1 Å². The fourth-order valence-corrected chi connectivity index (χ4v) is 1.20. The van der Waals surface area contributed by atoms with Gasteiger partial charge in [-0.05, 0) is 18.1 Å². The van der Waals surface area contributed by atoms with Crippen LogP contribution in [0.1, 0.15) is 34.8 Å². The normalized spacial score (nSPS) is 10.6. The van der Waals surface area contributed by atoms with Crippen molar-refractivity contribution in [2.75, 3.05) is 0 Å². The number of hydrogen-bond acceptors (Lipinski definition) is 1. The molecule has 0 spiro atoms. The number of halogens is 2. The third-order valence-electron chi connectivity index (χ3n) is 1.99. The first-order valence-electron chi connectivity index (χ1n) is 4.20. The van der Waals surface area contributed by atoms with E-state index in [1.807, 2.05) is 6.92 Å². The van der Waals surface area contributed by atoms with Crippen molar-refractivity contribution in [1.29, 1.82) is 0 Å². The van der Waals surface area contributed by atoms with E-state index in [4.69, 9.17) is 5.11 Å². The molecule has 0 aliphatic rings. The molecule has 0 aromatic heterocycles. The molecule has 76 valence electrons. The molecule has 4 heteroatoms. The Morgan fingerprint density at radius 2 is 2.14 bits per heavy atom. The predicted octanol–water partition coefficient (Wildman–Crippen LogP) is 2.88. The molecule has 2 nitrogen and oxygen atoms in total. The lowest BCUT2D eigenvalue weighted by atomic mass is 10.0. The third kappa shape index (κ3) is 2.07. The lowest BCUT2D eigenvalue weighted by molar-refractivity contribution is 0.0684. The molecule has 14 heavy (non-hydrogen) atoms. The summed E-state index contributed by atoms with van der Waals surface area (Å²) in [6.45, 7) is 1.84. The first kappa shape index (κ1) is 10.6. The SMILES string of the molecule is CCc1ccc(C(F)F)c(C(=O)O)c1. The number of alkyl halides is 2. The van der Waals surface area contributed by atoms with Gasteiger partial charge in [0.1, 0.15) is 0 Å². The second-order valence-electron chi connectivity index (χ2n) is 2.88. The minimum absolute atomic E-state index is 0.306. The van der Waals surface area contributed by atoms with Crippen LogP contribution < -0.4 is 0 Å². The fraction of sp³-hybridized carbons (Fsp3) is 0.300. The van der Waals surface area contributed by atoms with Crippen molar-refractivity contribution in [2.45, 2.75) is 19.8 Å². The molecule has 0 bridgehead atoms. The van der Waals surface area contributed by atoms with Crippen LogP contribution in [0.25, 0.3) is 0 Å². The van der Waals surface area contributed by atoms with Crippen LogP contribution >= 0.6 is 0 Å². The smallest absolute Gasteiger partial charge is 0.336 e. The molecule has 1 N–H and O–H groups in total. The Bertz CT molecular complexity index is 348. The van der Waals surface area contributed by atoms with Crippen molar-refractivity contribution >= 4 is 5.97 Å². The summed E-state index contributed by atoms with van der Waals surface area (Å²) in [6.07, 6.45) is -2.11. The number of aryl methyl sites for hydroxylation is 1. The van der Waals surface area contributed by atoms with Crippen molar-refractivity contribution < 1.29 is 18.7 Å². The fourth-order valence-electron chi connectivity index (χ4n) is 1.20. The Hall–Kier alpha value is -1.45. The lowest BCUT2D eigenvalue weighted by Gasteiger charge is -2.06. The first-order chi connectivity index (χ1) is 6.56. The van der Waals surface area contributed by atoms with Gasteiger partial charge in [0.25, 0.3) is 6.43 Å². The molecular weight excluding hydrogens is 190 g/mol. The molecule has 0 atom stereocenters. The predicted molar refractivity (Wildman–Crippen MR) is 47.7 cm³/mol. The molecule has 0 aliphatic heterocycles. The van der Waals surface area contributed by atoms with Crippen LogP contribution in [0.2, 0.25) is 0 Å². The minimum atomic E-state index is -2.74. The highest BCUT2D eigenvalue weighted by atomic mass is 19.3. The molecular formula is C10H10F2O2. The molecule has 0 saturated carbocycles. The maximum absolute atomic E-state index is 12.4. The Morgan fingerprint density at radius 1 is 1.50 bits per heavy atom. The Labute approximate surface area is 80.2 Å². The minimum Gasteiger partial charge on any atom is -0.478 e. The van der Waals surface area contributed by atoms with Gasteiger partial charge in [-0.25, -0.2) is 13.6 Å². The van der Waals surface area contributed by atoms with Crippen molar-refractivity contribution in [3.8, 4) is 0 Å². The molecule has 0 aliphatic carbocycles. The van der Waals surface area contributed by atoms with Gasteiger partial charge < -0.3 is 5.11 Å². The Morgan fingerprint density at radius 3 is 2.57 bits per heavy atom. The Balaban J connectivity index is 3.24. The number of aromatic carboxylic acids is 1. The third-order valence-corrected chi connectivity index (χ3v) is 1.99. The maximum Gasteiger partial charge on any atom is 0.336 e. The van der Waals surface area contributed by atoms with E-state index in [1.165, 1.54) is 18.2 Å². The number of hydrogen-bond donors (Lipinski definition) is 1. The van der Waals surface area contributed by atoms with Gasteiger partial charge >= 0.3 is 5.97 Å². The van der Waals surface area contributed by atoms with Gasteiger partial charge in [0, 0.05) is 5.56 Å². The largest absolute Gasteiger partial charge is 0.478 e. The zero-order valence-corrected chi connectivity index (χ0v) is 7.63. The van der Waals surface area contributed by atoms with E-state index in [0.29, 0.717) is 6.42 Å². The second kappa shape index (κ2) is 4.17. The van der Waals surface area contributed by atoms with Gasteiger partial charge in [0.2, 0.25) is 0 Å². The van der Waals surface area contributed by atoms with Gasteiger partial charge in [-0.3, -0.25) is 0 Å². The highest BCUT2D eigenvalue weighted by Gasteiger charge is 2.17. The molecule has 0 unspecified atom stereocenters. The molecule has 0 fully saturated rings. The van der Waals surface area contributed by atoms with E-state index in [-0.39, 0.29) is 5.56 Å². The van der Waals surface area contributed by atoms with Crippen molar-refractivity contribution in [3.63, 3.8) is 0 Å². The number of benzene rings is 1. The summed E-state index contributed by atoms with van der Waals surface area (Å²) in [5.41, 5.74) is 0.0147. The highest BCUT2D eigenvalue weighted by molar-refractivity contribution is 5.89. The van der Waals surface area contributed by atoms with E-state index < -0.39 is 18.0 Å². The molecule has 1 rings (SSSR count). The summed E-state index contributed by atoms with van der Waals surface area (Å²) in [4.78, 5) is 10.7. The molecule has 0 saturated heterocycles. The van der Waals surface area contributed by atoms with Gasteiger partial charge in [-0.15, -0.1) is 0 Å². The summed E-state index contributed by atoms with van der Waals surface area (Å²) < 4.78 is 24.7. The summed E-state index contributed by atoms with van der Waals surface area (Å²) >= 11 is 0. The summed E-state index contributed by atoms with van der Waals surface area (Å²) in [5.74, 6) is -1.31. The van der Waals surface area contributed by atoms with E-state index in [2.05, 4.69) is 0 Å². The average Bonchev–Trinajstić information content (AvgIpc) is 2.16. The van der Waals surface area contributed by atoms with Gasteiger partial charge in [-0.2, -0.15) is 0 Å². The molecule has 1 aromatic rings.